The smallest absolute Gasteiger partial charge is 0.240 e. The van der Waals surface area contributed by atoms with E-state index in [1.54, 1.807) is 6.07 Å². The Morgan fingerprint density at radius 2 is 1.97 bits per heavy atom. The van der Waals surface area contributed by atoms with Gasteiger partial charge in [0.2, 0.25) is 10.0 Å². The quantitative estimate of drug-likeness (QED) is 0.396. The molecule has 4 aromatic rings. The summed E-state index contributed by atoms with van der Waals surface area (Å²) in [6.45, 7) is 5.62. The van der Waals surface area contributed by atoms with Crippen molar-refractivity contribution in [2.45, 2.75) is 31.8 Å². The molecule has 11 heteroatoms. The van der Waals surface area contributed by atoms with Gasteiger partial charge in [-0.1, -0.05) is 0 Å². The van der Waals surface area contributed by atoms with E-state index in [1.165, 1.54) is 25.5 Å². The van der Waals surface area contributed by atoms with Gasteiger partial charge in [-0.3, -0.25) is 5.10 Å². The molecule has 0 aliphatic carbocycles. The molecule has 0 aliphatic rings. The van der Waals surface area contributed by atoms with Crippen LogP contribution in [0.25, 0.3) is 22.5 Å². The predicted octanol–water partition coefficient (Wildman–Crippen LogP) is 3.36. The summed E-state index contributed by atoms with van der Waals surface area (Å²) in [6.07, 6.45) is 1.26. The van der Waals surface area contributed by atoms with Gasteiger partial charge < -0.3 is 14.5 Å². The predicted molar refractivity (Wildman–Crippen MR) is 116 cm³/mol. The third-order valence-electron chi connectivity index (χ3n) is 4.48. The summed E-state index contributed by atoms with van der Waals surface area (Å²) >= 11 is 0. The Morgan fingerprint density at radius 3 is 2.65 bits per heavy atom. The van der Waals surface area contributed by atoms with Gasteiger partial charge in [0.15, 0.2) is 11.4 Å². The summed E-state index contributed by atoms with van der Waals surface area (Å²) in [7, 11) is -2.29. The summed E-state index contributed by atoms with van der Waals surface area (Å²) in [5.41, 5.74) is 1.48. The molecule has 0 saturated carbocycles. The number of nitrogens with zero attached hydrogens (tertiary/aromatic N) is 3. The zero-order valence-corrected chi connectivity index (χ0v) is 18.2. The number of ether oxygens (including phenoxy) is 1. The van der Waals surface area contributed by atoms with Crippen molar-refractivity contribution in [1.29, 1.82) is 0 Å². The first-order valence-corrected chi connectivity index (χ1v) is 11.0. The second-order valence-corrected chi connectivity index (χ2v) is 8.97. The number of anilines is 2. The molecule has 3 heterocycles. The maximum atomic E-state index is 12.3. The van der Waals surface area contributed by atoms with Crippen LogP contribution in [0.4, 0.5) is 11.5 Å². The van der Waals surface area contributed by atoms with Gasteiger partial charge in [0, 0.05) is 0 Å². The molecule has 0 amide bonds. The van der Waals surface area contributed by atoms with Crippen molar-refractivity contribution in [3.8, 4) is 17.2 Å². The highest BCUT2D eigenvalue weighted by Gasteiger charge is 2.20. The monoisotopic (exact) mass is 442 g/mol. The van der Waals surface area contributed by atoms with Crippen LogP contribution in [-0.4, -0.2) is 41.7 Å². The number of hydrogen-bond donors (Lipinski definition) is 3. The highest BCUT2D eigenvalue weighted by molar-refractivity contribution is 7.89. The zero-order valence-electron chi connectivity index (χ0n) is 17.4. The molecule has 162 valence electrons. The molecule has 3 aromatic heterocycles. The lowest BCUT2D eigenvalue weighted by atomic mass is 10.2. The van der Waals surface area contributed by atoms with Gasteiger partial charge in [0.1, 0.15) is 29.3 Å². The number of aromatic nitrogens is 4. The number of aromatic amines is 1. The number of fused-ring (bicyclic) bond motifs is 1. The van der Waals surface area contributed by atoms with Gasteiger partial charge in [0.05, 0.1) is 22.1 Å². The molecule has 0 atom stereocenters. The fraction of sp³-hybridized carbons (Fsp3) is 0.250. The summed E-state index contributed by atoms with van der Waals surface area (Å²) in [6, 6.07) is 8.26. The molecule has 4 rings (SSSR count). The van der Waals surface area contributed by atoms with Gasteiger partial charge >= 0.3 is 0 Å². The summed E-state index contributed by atoms with van der Waals surface area (Å²) < 4.78 is 38.6. The van der Waals surface area contributed by atoms with E-state index in [-0.39, 0.29) is 11.0 Å². The Bertz CT molecular complexity index is 1340. The molecule has 0 radical (unpaired) electrons. The number of rotatable bonds is 7. The third-order valence-corrected chi connectivity index (χ3v) is 5.90. The highest BCUT2D eigenvalue weighted by atomic mass is 32.2. The third kappa shape index (κ3) is 4.09. The van der Waals surface area contributed by atoms with E-state index in [2.05, 4.69) is 30.2 Å². The number of hydrogen-bond acceptors (Lipinski definition) is 8. The Hall–Kier alpha value is -3.44. The van der Waals surface area contributed by atoms with Crippen LogP contribution in [0, 0.1) is 6.92 Å². The van der Waals surface area contributed by atoms with Crippen molar-refractivity contribution in [3.05, 3.63) is 42.4 Å². The van der Waals surface area contributed by atoms with Crippen LogP contribution < -0.4 is 14.8 Å². The van der Waals surface area contributed by atoms with Gasteiger partial charge in [-0.2, -0.15) is 5.10 Å². The molecule has 0 bridgehead atoms. The first kappa shape index (κ1) is 20.8. The van der Waals surface area contributed by atoms with E-state index in [4.69, 9.17) is 9.15 Å². The van der Waals surface area contributed by atoms with Crippen LogP contribution in [0.3, 0.4) is 0 Å². The first-order valence-electron chi connectivity index (χ1n) is 9.55. The van der Waals surface area contributed by atoms with Crippen molar-refractivity contribution >= 4 is 32.6 Å². The number of aryl methyl sites for hydroxylation is 1. The lowest BCUT2D eigenvalue weighted by Crippen LogP contribution is -2.19. The molecule has 3 N–H and O–H groups in total. The highest BCUT2D eigenvalue weighted by Crippen LogP contribution is 2.36. The number of sulfonamides is 1. The van der Waals surface area contributed by atoms with Crippen molar-refractivity contribution in [2.24, 2.45) is 0 Å². The van der Waals surface area contributed by atoms with Gasteiger partial charge in [-0.05, 0) is 58.2 Å². The Balaban J connectivity index is 1.85. The van der Waals surface area contributed by atoms with Crippen LogP contribution in [0.5, 0.6) is 5.75 Å². The molecule has 1 aromatic carbocycles. The minimum atomic E-state index is -3.65. The SMILES string of the molecule is CNS(=O)(=O)c1ccc(OC(C)C)c(Nc2ncnc3n[nH]c(-c4ccc(C)o4)c23)c1. The summed E-state index contributed by atoms with van der Waals surface area (Å²) in [4.78, 5) is 8.65. The second kappa shape index (κ2) is 8.00. The van der Waals surface area contributed by atoms with Crippen LogP contribution in [-0.2, 0) is 10.0 Å². The van der Waals surface area contributed by atoms with Gasteiger partial charge in [0.25, 0.3) is 0 Å². The molecule has 0 aliphatic heterocycles. The standard InChI is InChI=1S/C20H22N6O4S/c1-11(2)29-15-8-6-13(31(27,28)21-4)9-14(15)24-19-17-18(16-7-5-12(3)30-16)25-26-20(17)23-10-22-19/h5-11,21H,1-4H3,(H2,22,23,24,25,26). The summed E-state index contributed by atoms with van der Waals surface area (Å²) in [5.74, 6) is 2.25. The maximum Gasteiger partial charge on any atom is 0.240 e. The van der Waals surface area contributed by atoms with Crippen LogP contribution >= 0.6 is 0 Å². The average molecular weight is 443 g/mol. The Morgan fingerprint density at radius 1 is 1.16 bits per heavy atom. The van der Waals surface area contributed by atoms with Crippen LogP contribution in [0.15, 0.2) is 46.0 Å². The van der Waals surface area contributed by atoms with E-state index in [9.17, 15) is 8.42 Å². The molecule has 0 saturated heterocycles. The van der Waals surface area contributed by atoms with Crippen molar-refractivity contribution in [3.63, 3.8) is 0 Å². The molecular formula is C20H22N6O4S. The molecule has 10 nitrogen and oxygen atoms in total. The molecule has 0 unspecified atom stereocenters. The van der Waals surface area contributed by atoms with Crippen molar-refractivity contribution in [2.75, 3.05) is 12.4 Å². The van der Waals surface area contributed by atoms with E-state index < -0.39 is 10.0 Å². The van der Waals surface area contributed by atoms with Crippen LogP contribution in [0.1, 0.15) is 19.6 Å². The van der Waals surface area contributed by atoms with E-state index >= 15 is 0 Å². The second-order valence-electron chi connectivity index (χ2n) is 7.09. The fourth-order valence-electron chi connectivity index (χ4n) is 3.07. The van der Waals surface area contributed by atoms with E-state index in [1.807, 2.05) is 32.9 Å². The van der Waals surface area contributed by atoms with Gasteiger partial charge in [-0.25, -0.2) is 23.1 Å². The maximum absolute atomic E-state index is 12.3. The minimum absolute atomic E-state index is 0.0907. The Labute approximate surface area is 179 Å². The number of benzene rings is 1. The normalized spacial score (nSPS) is 11.9. The number of H-pyrrole nitrogens is 1. The van der Waals surface area contributed by atoms with Crippen molar-refractivity contribution in [1.82, 2.24) is 24.9 Å². The Kier molecular flexibility index (Phi) is 5.38. The molecule has 0 fully saturated rings. The lowest BCUT2D eigenvalue weighted by Gasteiger charge is -2.17. The molecular weight excluding hydrogens is 420 g/mol. The number of nitrogens with one attached hydrogen (secondary N) is 3. The lowest BCUT2D eigenvalue weighted by molar-refractivity contribution is 0.243. The van der Waals surface area contributed by atoms with Crippen molar-refractivity contribution < 1.29 is 17.6 Å². The van der Waals surface area contributed by atoms with E-state index in [0.29, 0.717) is 39.7 Å². The van der Waals surface area contributed by atoms with E-state index in [0.717, 1.165) is 5.76 Å². The zero-order chi connectivity index (χ0) is 22.2. The topological polar surface area (TPSA) is 135 Å². The fourth-order valence-corrected chi connectivity index (χ4v) is 3.83. The summed E-state index contributed by atoms with van der Waals surface area (Å²) in [5, 5.41) is 11.0. The molecule has 31 heavy (non-hydrogen) atoms. The number of furan rings is 1. The first-order chi connectivity index (χ1) is 14.8. The van der Waals surface area contributed by atoms with Gasteiger partial charge in [-0.15, -0.1) is 0 Å². The largest absolute Gasteiger partial charge is 0.489 e. The molecule has 0 spiro atoms. The average Bonchev–Trinajstić information content (AvgIpc) is 3.35. The minimum Gasteiger partial charge on any atom is -0.489 e. The van der Waals surface area contributed by atoms with Crippen LogP contribution in [0.2, 0.25) is 0 Å².